The average molecular weight is 662 g/mol. The SMILES string of the molecule is CS(=O)(=O)N1CCc2c(c(-c3ccc(C(F)(F)F)c(SCC(=O)N4CCOCC4)c3)nn2CC(O)CN2CC[C@H](CO)C2)C1. The maximum absolute atomic E-state index is 14.0. The number of amides is 1. The number of hydrogen-bond acceptors (Lipinski definition) is 9. The average Bonchev–Trinajstić information content (AvgIpc) is 3.59. The Balaban J connectivity index is 1.44. The van der Waals surface area contributed by atoms with Gasteiger partial charge in [-0.2, -0.15) is 22.6 Å². The molecule has 0 aliphatic carbocycles. The standard InChI is InChI=1S/C28H38F3N5O6S2/c1-44(40,41)35-7-5-24-22(16-35)27(32-36(24)15-21(38)14-33-6-4-19(13-33)17-37)20-2-3-23(28(29,30)31)25(12-20)43-18-26(39)34-8-10-42-11-9-34/h2-3,12,19,21,37-38H,4-11,13-18H2,1H3/t19-,21?/m0/s1. The van der Waals surface area contributed by atoms with E-state index < -0.39 is 27.9 Å². The molecule has 0 spiro atoms. The van der Waals surface area contributed by atoms with Crippen molar-refractivity contribution in [1.29, 1.82) is 0 Å². The Kier molecular flexibility index (Phi) is 10.3. The lowest BCUT2D eigenvalue weighted by molar-refractivity contribution is -0.139. The van der Waals surface area contributed by atoms with Gasteiger partial charge in [0.2, 0.25) is 15.9 Å². The molecule has 1 aromatic carbocycles. The molecule has 0 radical (unpaired) electrons. The van der Waals surface area contributed by atoms with E-state index in [1.807, 2.05) is 0 Å². The maximum Gasteiger partial charge on any atom is 0.417 e. The minimum absolute atomic E-state index is 0.00289. The molecule has 1 unspecified atom stereocenters. The number of halogens is 3. The summed E-state index contributed by atoms with van der Waals surface area (Å²) in [6.45, 7) is 3.78. The van der Waals surface area contributed by atoms with Crippen molar-refractivity contribution in [2.45, 2.75) is 43.1 Å². The number of benzene rings is 1. The quantitative estimate of drug-likeness (QED) is 0.365. The van der Waals surface area contributed by atoms with Crippen molar-refractivity contribution >= 4 is 27.7 Å². The minimum atomic E-state index is -4.65. The van der Waals surface area contributed by atoms with E-state index in [-0.39, 0.29) is 48.7 Å². The van der Waals surface area contributed by atoms with Crippen molar-refractivity contribution in [3.8, 4) is 11.3 Å². The van der Waals surface area contributed by atoms with Crippen LogP contribution in [0.1, 0.15) is 23.2 Å². The molecule has 2 aromatic rings. The van der Waals surface area contributed by atoms with Gasteiger partial charge in [0.05, 0.1) is 49.1 Å². The lowest BCUT2D eigenvalue weighted by Gasteiger charge is -2.27. The van der Waals surface area contributed by atoms with Crippen molar-refractivity contribution in [3.63, 3.8) is 0 Å². The van der Waals surface area contributed by atoms with Crippen LogP contribution in [-0.2, 0) is 45.2 Å². The number of ether oxygens (including phenoxy) is 1. The van der Waals surface area contributed by atoms with Gasteiger partial charge in [-0.25, -0.2) is 8.42 Å². The van der Waals surface area contributed by atoms with Crippen LogP contribution in [0.5, 0.6) is 0 Å². The number of sulfonamides is 1. The number of thioether (sulfide) groups is 1. The summed E-state index contributed by atoms with van der Waals surface area (Å²) in [6.07, 6.45) is -3.17. The zero-order valence-electron chi connectivity index (χ0n) is 24.5. The van der Waals surface area contributed by atoms with Crippen LogP contribution < -0.4 is 0 Å². The molecular weight excluding hydrogens is 623 g/mol. The van der Waals surface area contributed by atoms with Gasteiger partial charge < -0.3 is 24.7 Å². The number of alkyl halides is 3. The Morgan fingerprint density at radius 1 is 1.18 bits per heavy atom. The molecule has 16 heteroatoms. The molecule has 2 saturated heterocycles. The van der Waals surface area contributed by atoms with Crippen LogP contribution in [0.3, 0.4) is 0 Å². The Labute approximate surface area is 259 Å². The summed E-state index contributed by atoms with van der Waals surface area (Å²) in [7, 11) is -3.55. The van der Waals surface area contributed by atoms with Crippen LogP contribution in [0.2, 0.25) is 0 Å². The molecule has 1 amide bonds. The van der Waals surface area contributed by atoms with E-state index in [0.717, 1.165) is 42.7 Å². The highest BCUT2D eigenvalue weighted by molar-refractivity contribution is 8.00. The van der Waals surface area contributed by atoms with Crippen LogP contribution in [0.15, 0.2) is 23.1 Å². The fraction of sp³-hybridized carbons (Fsp3) is 0.643. The molecular formula is C28H38F3N5O6S2. The summed E-state index contributed by atoms with van der Waals surface area (Å²) < 4.78 is 75.1. The van der Waals surface area contributed by atoms with Crippen molar-refractivity contribution in [3.05, 3.63) is 35.0 Å². The van der Waals surface area contributed by atoms with Gasteiger partial charge in [0, 0.05) is 74.0 Å². The second-order valence-electron chi connectivity index (χ2n) is 11.5. The lowest BCUT2D eigenvalue weighted by atomic mass is 10.0. The third-order valence-corrected chi connectivity index (χ3v) is 10.6. The third kappa shape index (κ3) is 7.77. The summed E-state index contributed by atoms with van der Waals surface area (Å²) in [6, 6.07) is 3.65. The monoisotopic (exact) mass is 661 g/mol. The Morgan fingerprint density at radius 3 is 2.59 bits per heavy atom. The molecule has 3 aliphatic heterocycles. The van der Waals surface area contributed by atoms with Crippen molar-refractivity contribution < 1.29 is 41.3 Å². The summed E-state index contributed by atoms with van der Waals surface area (Å²) in [4.78, 5) is 16.2. The molecule has 3 aliphatic rings. The third-order valence-electron chi connectivity index (χ3n) is 8.32. The van der Waals surface area contributed by atoms with Gasteiger partial charge in [-0.3, -0.25) is 9.48 Å². The molecule has 2 fully saturated rings. The van der Waals surface area contributed by atoms with E-state index in [2.05, 4.69) is 4.90 Å². The largest absolute Gasteiger partial charge is 0.417 e. The normalized spacial score (nSPS) is 21.0. The number of aliphatic hydroxyl groups is 2. The van der Waals surface area contributed by atoms with E-state index in [4.69, 9.17) is 9.84 Å². The van der Waals surface area contributed by atoms with Crippen LogP contribution in [-0.4, -0.2) is 126 Å². The number of morpholine rings is 1. The van der Waals surface area contributed by atoms with Crippen LogP contribution in [0.25, 0.3) is 11.3 Å². The molecule has 244 valence electrons. The lowest BCUT2D eigenvalue weighted by Crippen LogP contribution is -2.41. The number of carbonyl (C=O) groups is 1. The first-order valence-corrected chi connectivity index (χ1v) is 17.4. The number of aliphatic hydroxyl groups excluding tert-OH is 2. The van der Waals surface area contributed by atoms with Crippen molar-refractivity contribution in [2.75, 3.05) is 71.1 Å². The maximum atomic E-state index is 14.0. The molecule has 0 saturated carbocycles. The first kappa shape index (κ1) is 33.2. The van der Waals surface area contributed by atoms with E-state index in [1.54, 1.807) is 9.58 Å². The zero-order chi connectivity index (χ0) is 31.6. The molecule has 11 nitrogen and oxygen atoms in total. The minimum Gasteiger partial charge on any atom is -0.396 e. The predicted molar refractivity (Wildman–Crippen MR) is 157 cm³/mol. The van der Waals surface area contributed by atoms with Crippen molar-refractivity contribution in [2.24, 2.45) is 5.92 Å². The highest BCUT2D eigenvalue weighted by Gasteiger charge is 2.36. The number of carbonyl (C=O) groups excluding carboxylic acids is 1. The molecule has 2 N–H and O–H groups in total. The highest BCUT2D eigenvalue weighted by atomic mass is 32.2. The summed E-state index contributed by atoms with van der Waals surface area (Å²) in [5.74, 6) is -0.287. The molecule has 0 bridgehead atoms. The zero-order valence-corrected chi connectivity index (χ0v) is 26.1. The van der Waals surface area contributed by atoms with E-state index in [0.29, 0.717) is 62.6 Å². The van der Waals surface area contributed by atoms with Gasteiger partial charge in [-0.05, 0) is 31.0 Å². The predicted octanol–water partition coefficient (Wildman–Crippen LogP) is 1.51. The van der Waals surface area contributed by atoms with Crippen LogP contribution in [0, 0.1) is 5.92 Å². The Hall–Kier alpha value is -2.21. The number of aromatic nitrogens is 2. The molecule has 5 rings (SSSR count). The number of likely N-dealkylation sites (tertiary alicyclic amines) is 1. The second kappa shape index (κ2) is 13.6. The Bertz CT molecular complexity index is 1450. The first-order chi connectivity index (χ1) is 20.8. The first-order valence-electron chi connectivity index (χ1n) is 14.6. The topological polar surface area (TPSA) is 128 Å². The van der Waals surface area contributed by atoms with Gasteiger partial charge in [-0.15, -0.1) is 11.8 Å². The number of rotatable bonds is 10. The van der Waals surface area contributed by atoms with E-state index in [1.165, 1.54) is 16.4 Å². The van der Waals surface area contributed by atoms with Gasteiger partial charge >= 0.3 is 6.18 Å². The van der Waals surface area contributed by atoms with Crippen molar-refractivity contribution in [1.82, 2.24) is 23.9 Å². The molecule has 4 heterocycles. The fourth-order valence-corrected chi connectivity index (χ4v) is 7.78. The summed E-state index contributed by atoms with van der Waals surface area (Å²) in [5.41, 5.74) is 1.15. The van der Waals surface area contributed by atoms with Gasteiger partial charge in [0.1, 0.15) is 0 Å². The van der Waals surface area contributed by atoms with Crippen LogP contribution in [0.4, 0.5) is 13.2 Å². The fourth-order valence-electron chi connectivity index (χ4n) is 5.98. The number of nitrogens with zero attached hydrogens (tertiary/aromatic N) is 5. The van der Waals surface area contributed by atoms with Gasteiger partial charge in [0.15, 0.2) is 0 Å². The summed E-state index contributed by atoms with van der Waals surface area (Å²) in [5, 5.41) is 25.1. The van der Waals surface area contributed by atoms with E-state index >= 15 is 0 Å². The molecule has 44 heavy (non-hydrogen) atoms. The van der Waals surface area contributed by atoms with Gasteiger partial charge in [-0.1, -0.05) is 6.07 Å². The molecule has 1 aromatic heterocycles. The second-order valence-corrected chi connectivity index (χ2v) is 14.5. The van der Waals surface area contributed by atoms with E-state index in [9.17, 15) is 36.6 Å². The van der Waals surface area contributed by atoms with Gasteiger partial charge in [0.25, 0.3) is 0 Å². The Morgan fingerprint density at radius 2 is 1.93 bits per heavy atom. The number of fused-ring (bicyclic) bond motifs is 1. The number of hydrogen-bond donors (Lipinski definition) is 2. The molecule has 2 atom stereocenters. The number of β-amino-alcohol motifs (C(OH)–C–C–N with tert-alkyl or cyclic N) is 1. The van der Waals surface area contributed by atoms with Crippen LogP contribution >= 0.6 is 11.8 Å². The summed E-state index contributed by atoms with van der Waals surface area (Å²) >= 11 is 0.808. The highest BCUT2D eigenvalue weighted by Crippen LogP contribution is 2.40. The smallest absolute Gasteiger partial charge is 0.396 e.